The van der Waals surface area contributed by atoms with E-state index in [1.807, 2.05) is 6.07 Å². The Morgan fingerprint density at radius 3 is 2.80 bits per heavy atom. The maximum absolute atomic E-state index is 11.6. The molecule has 0 spiro atoms. The molecule has 2 heterocycles. The maximum atomic E-state index is 11.6. The van der Waals surface area contributed by atoms with Crippen molar-refractivity contribution in [1.29, 1.82) is 0 Å². The van der Waals surface area contributed by atoms with Crippen molar-refractivity contribution in [1.82, 2.24) is 10.3 Å². The van der Waals surface area contributed by atoms with Crippen molar-refractivity contribution in [3.05, 3.63) is 45.4 Å². The number of halogens is 1. The summed E-state index contributed by atoms with van der Waals surface area (Å²) < 4.78 is 0.653. The van der Waals surface area contributed by atoms with Gasteiger partial charge in [0.2, 0.25) is 0 Å². The molecule has 0 aliphatic carbocycles. The molecule has 2 aromatic heterocycles. The molecule has 8 heteroatoms. The summed E-state index contributed by atoms with van der Waals surface area (Å²) in [7, 11) is 0. The number of anilines is 1. The van der Waals surface area contributed by atoms with Gasteiger partial charge in [0.05, 0.1) is 28.3 Å². The highest BCUT2D eigenvalue weighted by Gasteiger charge is 2.07. The fraction of sp³-hybridized carbons (Fsp3) is 0.0833. The van der Waals surface area contributed by atoms with E-state index >= 15 is 0 Å². The lowest BCUT2D eigenvalue weighted by Gasteiger charge is -2.06. The Morgan fingerprint density at radius 1 is 1.35 bits per heavy atom. The molecule has 2 amide bonds. The molecule has 0 aromatic carbocycles. The topological polar surface area (TPSA) is 91.3 Å². The highest BCUT2D eigenvalue weighted by Crippen LogP contribution is 2.21. The lowest BCUT2D eigenvalue weighted by molar-refractivity contribution is 0.0696. The Labute approximate surface area is 123 Å². The standard InChI is InChI=1S/C12H10ClN3O3S/c13-10-2-1-9(20-10)6-15-12(19)16-8-3-7(11(17)18)4-14-5-8/h1-5H,6H2,(H,17,18)(H2,15,16,19). The summed E-state index contributed by atoms with van der Waals surface area (Å²) in [4.78, 5) is 27.1. The first kappa shape index (κ1) is 14.3. The predicted molar refractivity (Wildman–Crippen MR) is 76.4 cm³/mol. The zero-order valence-electron chi connectivity index (χ0n) is 10.1. The van der Waals surface area contributed by atoms with E-state index < -0.39 is 12.0 Å². The third kappa shape index (κ3) is 3.94. The molecule has 0 aliphatic heterocycles. The number of hydrogen-bond acceptors (Lipinski definition) is 4. The number of carboxylic acids is 1. The molecule has 0 unspecified atom stereocenters. The number of urea groups is 1. The molecule has 0 radical (unpaired) electrons. The molecule has 0 saturated heterocycles. The molecule has 0 saturated carbocycles. The highest BCUT2D eigenvalue weighted by molar-refractivity contribution is 7.16. The second-order valence-electron chi connectivity index (χ2n) is 3.78. The summed E-state index contributed by atoms with van der Waals surface area (Å²) in [5.41, 5.74) is 0.319. The predicted octanol–water partition coefficient (Wildman–Crippen LogP) is 2.82. The van der Waals surface area contributed by atoms with Crippen LogP contribution >= 0.6 is 22.9 Å². The van der Waals surface area contributed by atoms with Crippen LogP contribution in [0.2, 0.25) is 4.34 Å². The van der Waals surface area contributed by atoms with Crippen LogP contribution in [0.15, 0.2) is 30.6 Å². The van der Waals surface area contributed by atoms with Gasteiger partial charge in [0, 0.05) is 11.1 Å². The Hall–Kier alpha value is -2.12. The van der Waals surface area contributed by atoms with Crippen LogP contribution in [0.5, 0.6) is 0 Å². The summed E-state index contributed by atoms with van der Waals surface area (Å²) >= 11 is 7.15. The Balaban J connectivity index is 1.91. The van der Waals surface area contributed by atoms with Crippen molar-refractivity contribution in [3.63, 3.8) is 0 Å². The van der Waals surface area contributed by atoms with Crippen LogP contribution in [0.4, 0.5) is 10.5 Å². The van der Waals surface area contributed by atoms with E-state index in [0.29, 0.717) is 16.6 Å². The lowest BCUT2D eigenvalue weighted by atomic mass is 10.3. The van der Waals surface area contributed by atoms with Crippen molar-refractivity contribution in [3.8, 4) is 0 Å². The van der Waals surface area contributed by atoms with Gasteiger partial charge >= 0.3 is 12.0 Å². The molecule has 2 rings (SSSR count). The third-order valence-electron chi connectivity index (χ3n) is 2.30. The van der Waals surface area contributed by atoms with Crippen LogP contribution in [0.25, 0.3) is 0 Å². The first-order valence-corrected chi connectivity index (χ1v) is 6.71. The SMILES string of the molecule is O=C(NCc1ccc(Cl)s1)Nc1cncc(C(=O)O)c1. The van der Waals surface area contributed by atoms with Crippen molar-refractivity contribution >= 4 is 40.6 Å². The molecular weight excluding hydrogens is 302 g/mol. The number of thiophene rings is 1. The van der Waals surface area contributed by atoms with E-state index in [9.17, 15) is 9.59 Å². The Morgan fingerprint density at radius 2 is 2.15 bits per heavy atom. The summed E-state index contributed by atoms with van der Waals surface area (Å²) in [6.45, 7) is 0.343. The van der Waals surface area contributed by atoms with E-state index in [4.69, 9.17) is 16.7 Å². The quantitative estimate of drug-likeness (QED) is 0.809. The molecule has 104 valence electrons. The first-order chi connectivity index (χ1) is 9.54. The van der Waals surface area contributed by atoms with Crippen LogP contribution in [-0.4, -0.2) is 22.1 Å². The minimum atomic E-state index is -1.10. The average Bonchev–Trinajstić information content (AvgIpc) is 2.82. The van der Waals surface area contributed by atoms with Crippen LogP contribution in [0.3, 0.4) is 0 Å². The summed E-state index contributed by atoms with van der Waals surface area (Å²) in [6, 6.07) is 4.46. The van der Waals surface area contributed by atoms with Gasteiger partial charge in [0.1, 0.15) is 0 Å². The molecule has 0 atom stereocenters. The minimum Gasteiger partial charge on any atom is -0.478 e. The van der Waals surface area contributed by atoms with E-state index in [1.54, 1.807) is 6.07 Å². The molecule has 0 fully saturated rings. The summed E-state index contributed by atoms with van der Waals surface area (Å²) in [6.07, 6.45) is 2.58. The largest absolute Gasteiger partial charge is 0.478 e. The Kier molecular flexibility index (Phi) is 4.54. The van der Waals surface area contributed by atoms with E-state index in [2.05, 4.69) is 15.6 Å². The molecule has 0 bridgehead atoms. The molecule has 3 N–H and O–H groups in total. The second kappa shape index (κ2) is 6.36. The number of carbonyl (C=O) groups is 2. The maximum Gasteiger partial charge on any atom is 0.337 e. The monoisotopic (exact) mass is 311 g/mol. The van der Waals surface area contributed by atoms with Crippen molar-refractivity contribution in [2.24, 2.45) is 0 Å². The van der Waals surface area contributed by atoms with Gasteiger partial charge in [-0.3, -0.25) is 4.98 Å². The third-order valence-corrected chi connectivity index (χ3v) is 3.53. The highest BCUT2D eigenvalue weighted by atomic mass is 35.5. The number of pyridine rings is 1. The average molecular weight is 312 g/mol. The van der Waals surface area contributed by atoms with Gasteiger partial charge in [-0.1, -0.05) is 11.6 Å². The number of aromatic carboxylic acids is 1. The minimum absolute atomic E-state index is 0.00726. The molecule has 0 aliphatic rings. The van der Waals surface area contributed by atoms with Crippen molar-refractivity contribution in [2.75, 3.05) is 5.32 Å². The van der Waals surface area contributed by atoms with Crippen molar-refractivity contribution in [2.45, 2.75) is 6.54 Å². The molecule has 6 nitrogen and oxygen atoms in total. The van der Waals surface area contributed by atoms with Crippen LogP contribution in [0, 0.1) is 0 Å². The molecular formula is C12H10ClN3O3S. The van der Waals surface area contributed by atoms with E-state index in [0.717, 1.165) is 4.88 Å². The van der Waals surface area contributed by atoms with Crippen LogP contribution in [0.1, 0.15) is 15.2 Å². The van der Waals surface area contributed by atoms with E-state index in [-0.39, 0.29) is 5.56 Å². The van der Waals surface area contributed by atoms with Crippen molar-refractivity contribution < 1.29 is 14.7 Å². The second-order valence-corrected chi connectivity index (χ2v) is 5.58. The van der Waals surface area contributed by atoms with Crippen LogP contribution < -0.4 is 10.6 Å². The summed E-state index contributed by atoms with van der Waals surface area (Å²) in [5.74, 6) is -1.10. The number of aromatic nitrogens is 1. The van der Waals surface area contributed by atoms with Crippen LogP contribution in [-0.2, 0) is 6.54 Å². The Bertz CT molecular complexity index is 644. The molecule has 2 aromatic rings. The number of carboxylic acid groups (broad SMARTS) is 1. The first-order valence-electron chi connectivity index (χ1n) is 5.52. The fourth-order valence-electron chi connectivity index (χ4n) is 1.41. The number of nitrogens with one attached hydrogen (secondary N) is 2. The lowest BCUT2D eigenvalue weighted by Crippen LogP contribution is -2.28. The summed E-state index contributed by atoms with van der Waals surface area (Å²) in [5, 5.41) is 14.0. The van der Waals surface area contributed by atoms with Gasteiger partial charge < -0.3 is 15.7 Å². The van der Waals surface area contributed by atoms with Gasteiger partial charge in [0.15, 0.2) is 0 Å². The zero-order valence-corrected chi connectivity index (χ0v) is 11.7. The zero-order chi connectivity index (χ0) is 14.5. The van der Waals surface area contributed by atoms with Gasteiger partial charge in [-0.05, 0) is 18.2 Å². The number of nitrogens with zero attached hydrogens (tertiary/aromatic N) is 1. The van der Waals surface area contributed by atoms with Gasteiger partial charge in [0.25, 0.3) is 0 Å². The fourth-order valence-corrected chi connectivity index (χ4v) is 2.44. The smallest absolute Gasteiger partial charge is 0.337 e. The molecule has 20 heavy (non-hydrogen) atoms. The number of hydrogen-bond donors (Lipinski definition) is 3. The van der Waals surface area contributed by atoms with Gasteiger partial charge in [-0.25, -0.2) is 9.59 Å². The van der Waals surface area contributed by atoms with Gasteiger partial charge in [-0.2, -0.15) is 0 Å². The number of rotatable bonds is 4. The number of carbonyl (C=O) groups excluding carboxylic acids is 1. The number of amides is 2. The van der Waals surface area contributed by atoms with Gasteiger partial charge in [-0.15, -0.1) is 11.3 Å². The van der Waals surface area contributed by atoms with E-state index in [1.165, 1.54) is 29.8 Å². The normalized spacial score (nSPS) is 10.1.